The van der Waals surface area contributed by atoms with Gasteiger partial charge in [-0.1, -0.05) is 4.98 Å². The van der Waals surface area contributed by atoms with E-state index in [1.807, 2.05) is 0 Å². The summed E-state index contributed by atoms with van der Waals surface area (Å²) in [5.74, 6) is 0.607. The van der Waals surface area contributed by atoms with E-state index in [1.54, 1.807) is 23.0 Å². The van der Waals surface area contributed by atoms with Crippen LogP contribution in [0.15, 0.2) is 23.4 Å². The zero-order chi connectivity index (χ0) is 9.47. The number of fused-ring (bicyclic) bond motifs is 1. The van der Waals surface area contributed by atoms with Gasteiger partial charge in [-0.25, -0.2) is 4.57 Å². The van der Waals surface area contributed by atoms with Gasteiger partial charge in [-0.2, -0.15) is 8.42 Å². The van der Waals surface area contributed by atoms with Crippen molar-refractivity contribution < 1.29 is 17.5 Å². The van der Waals surface area contributed by atoms with Gasteiger partial charge < -0.3 is 0 Å². The molecule has 5 nitrogen and oxygen atoms in total. The van der Waals surface area contributed by atoms with Crippen molar-refractivity contribution in [2.24, 2.45) is 0 Å². The van der Waals surface area contributed by atoms with Crippen LogP contribution in [0.3, 0.4) is 0 Å². The van der Waals surface area contributed by atoms with Crippen LogP contribution in [0.1, 0.15) is 5.82 Å². The lowest BCUT2D eigenvalue weighted by Gasteiger charge is -1.88. The van der Waals surface area contributed by atoms with Crippen molar-refractivity contribution in [3.63, 3.8) is 0 Å². The quantitative estimate of drug-likeness (QED) is 0.494. The van der Waals surface area contributed by atoms with Gasteiger partial charge >= 0.3 is 5.82 Å². The Labute approximate surface area is 75.1 Å². The molecule has 1 N–H and O–H groups in total. The number of rotatable bonds is 1. The van der Waals surface area contributed by atoms with Gasteiger partial charge in [0.2, 0.25) is 0 Å². The minimum Gasteiger partial charge on any atom is -0.282 e. The second-order valence-corrected chi connectivity index (χ2v) is 4.16. The Bertz CT molecular complexity index is 478. The number of aromatic nitrogens is 2. The number of hydrogen-bond donors (Lipinski definition) is 1. The van der Waals surface area contributed by atoms with Gasteiger partial charge in [-0.15, -0.1) is 0 Å². The topological polar surface area (TPSA) is 71.1 Å². The zero-order valence-electron chi connectivity index (χ0n) is 6.58. The summed E-state index contributed by atoms with van der Waals surface area (Å²) in [4.78, 5) is 3.94. The Kier molecular flexibility index (Phi) is 1.67. The Morgan fingerprint density at radius 1 is 1.54 bits per heavy atom. The molecule has 1 aromatic rings. The van der Waals surface area contributed by atoms with Crippen LogP contribution in [-0.2, 0) is 16.5 Å². The predicted octanol–water partition coefficient (Wildman–Crippen LogP) is -0.389. The average Bonchev–Trinajstić information content (AvgIpc) is 2.45. The molecule has 0 atom stereocenters. The van der Waals surface area contributed by atoms with E-state index in [9.17, 15) is 8.42 Å². The van der Waals surface area contributed by atoms with Crippen LogP contribution in [0.25, 0.3) is 6.20 Å². The summed E-state index contributed by atoms with van der Waals surface area (Å²) in [7, 11) is -4.07. The van der Waals surface area contributed by atoms with Crippen molar-refractivity contribution in [2.45, 2.75) is 6.42 Å². The van der Waals surface area contributed by atoms with Crippen LogP contribution in [-0.4, -0.2) is 18.0 Å². The molecule has 0 saturated heterocycles. The second kappa shape index (κ2) is 2.61. The summed E-state index contributed by atoms with van der Waals surface area (Å²) in [5, 5.41) is 0. The van der Waals surface area contributed by atoms with Crippen molar-refractivity contribution in [1.82, 2.24) is 4.98 Å². The van der Waals surface area contributed by atoms with Crippen LogP contribution in [0.2, 0.25) is 0 Å². The maximum atomic E-state index is 10.7. The lowest BCUT2D eigenvalue weighted by molar-refractivity contribution is -0.575. The van der Waals surface area contributed by atoms with Crippen molar-refractivity contribution in [1.29, 1.82) is 0 Å². The van der Waals surface area contributed by atoms with Crippen LogP contribution in [0.5, 0.6) is 0 Å². The first-order valence-electron chi connectivity index (χ1n) is 3.60. The van der Waals surface area contributed by atoms with Crippen molar-refractivity contribution in [3.05, 3.63) is 29.2 Å². The molecular weight excluding hydrogens is 192 g/mol. The third kappa shape index (κ3) is 1.45. The summed E-state index contributed by atoms with van der Waals surface area (Å²) < 4.78 is 31.8. The molecule has 68 valence electrons. The molecule has 1 aliphatic rings. The molecule has 13 heavy (non-hydrogen) atoms. The van der Waals surface area contributed by atoms with Gasteiger partial charge in [-0.3, -0.25) is 4.55 Å². The number of allylic oxidation sites excluding steroid dienone is 1. The summed E-state index contributed by atoms with van der Waals surface area (Å²) in [5.41, 5.74) is 0. The number of hydrogen-bond acceptors (Lipinski definition) is 3. The lowest BCUT2D eigenvalue weighted by Crippen LogP contribution is -2.28. The lowest BCUT2D eigenvalue weighted by atomic mass is 10.4. The van der Waals surface area contributed by atoms with Gasteiger partial charge in [0.15, 0.2) is 0 Å². The molecule has 0 spiro atoms. The van der Waals surface area contributed by atoms with Gasteiger partial charge in [0.05, 0.1) is 12.6 Å². The van der Waals surface area contributed by atoms with E-state index in [0.29, 0.717) is 5.82 Å². The van der Waals surface area contributed by atoms with E-state index in [-0.39, 0.29) is 11.3 Å². The molecule has 2 rings (SSSR count). The molecule has 0 amide bonds. The fourth-order valence-corrected chi connectivity index (χ4v) is 1.74. The standard InChI is InChI=1S/C7H6N2O3S/c10-13(11,12)6-4-7-8-2-1-3-9(7)5-6/h1-3,5H,4H2/p+1. The molecule has 1 aromatic heterocycles. The van der Waals surface area contributed by atoms with Crippen LogP contribution in [0, 0.1) is 0 Å². The Hall–Kier alpha value is -1.27. The molecule has 0 saturated carbocycles. The van der Waals surface area contributed by atoms with E-state index in [0.717, 1.165) is 0 Å². The van der Waals surface area contributed by atoms with E-state index in [1.165, 1.54) is 6.20 Å². The SMILES string of the molecule is O=S(=O)(O)C1=C[n+]2cccnc2C1. The average molecular weight is 199 g/mol. The summed E-state index contributed by atoms with van der Waals surface area (Å²) in [6.07, 6.45) is 4.77. The Morgan fingerprint density at radius 2 is 2.31 bits per heavy atom. The van der Waals surface area contributed by atoms with Gasteiger partial charge in [-0.05, 0) is 0 Å². The first-order chi connectivity index (χ1) is 6.07. The molecule has 0 aliphatic carbocycles. The maximum Gasteiger partial charge on any atom is 0.308 e. The van der Waals surface area contributed by atoms with Crippen molar-refractivity contribution in [3.8, 4) is 0 Å². The first-order valence-corrected chi connectivity index (χ1v) is 5.04. The minimum atomic E-state index is -4.07. The maximum absolute atomic E-state index is 10.7. The van der Waals surface area contributed by atoms with Crippen molar-refractivity contribution >= 4 is 16.3 Å². The molecule has 0 unspecified atom stereocenters. The van der Waals surface area contributed by atoms with E-state index >= 15 is 0 Å². The molecule has 0 bridgehead atoms. The monoisotopic (exact) mass is 199 g/mol. The van der Waals surface area contributed by atoms with Gasteiger partial charge in [0.1, 0.15) is 17.3 Å². The molecule has 0 radical (unpaired) electrons. The zero-order valence-corrected chi connectivity index (χ0v) is 7.40. The fraction of sp³-hybridized carbons (Fsp3) is 0.143. The highest BCUT2D eigenvalue weighted by atomic mass is 32.2. The van der Waals surface area contributed by atoms with Gasteiger partial charge in [0.25, 0.3) is 10.1 Å². The predicted molar refractivity (Wildman–Crippen MR) is 44.0 cm³/mol. The molecule has 6 heteroatoms. The van der Waals surface area contributed by atoms with Crippen LogP contribution in [0.4, 0.5) is 0 Å². The van der Waals surface area contributed by atoms with Crippen LogP contribution < -0.4 is 4.57 Å². The Balaban J connectivity index is 2.48. The van der Waals surface area contributed by atoms with E-state index < -0.39 is 10.1 Å². The smallest absolute Gasteiger partial charge is 0.282 e. The van der Waals surface area contributed by atoms with E-state index in [2.05, 4.69) is 4.98 Å². The largest absolute Gasteiger partial charge is 0.308 e. The third-order valence-electron chi connectivity index (χ3n) is 1.80. The molecule has 0 fully saturated rings. The summed E-state index contributed by atoms with van der Waals surface area (Å²) in [6.45, 7) is 0. The third-order valence-corrected chi connectivity index (χ3v) is 2.71. The molecule has 1 aliphatic heterocycles. The highest BCUT2D eigenvalue weighted by molar-refractivity contribution is 7.89. The summed E-state index contributed by atoms with van der Waals surface area (Å²) >= 11 is 0. The minimum absolute atomic E-state index is 0.0220. The molecule has 0 aromatic carbocycles. The molecule has 2 heterocycles. The normalized spacial score (nSPS) is 15.3. The van der Waals surface area contributed by atoms with Crippen LogP contribution >= 0.6 is 0 Å². The van der Waals surface area contributed by atoms with Gasteiger partial charge in [0, 0.05) is 6.07 Å². The second-order valence-electron chi connectivity index (χ2n) is 2.69. The highest BCUT2D eigenvalue weighted by Gasteiger charge is 2.28. The van der Waals surface area contributed by atoms with Crippen molar-refractivity contribution in [2.75, 3.05) is 0 Å². The summed E-state index contributed by atoms with van der Waals surface area (Å²) in [6, 6.07) is 1.69. The highest BCUT2D eigenvalue weighted by Crippen LogP contribution is 2.13. The molecular formula is C7H7N2O3S+. The fourth-order valence-electron chi connectivity index (χ4n) is 1.18. The first kappa shape index (κ1) is 8.33. The Morgan fingerprint density at radius 3 is 2.92 bits per heavy atom. The van der Waals surface area contributed by atoms with E-state index in [4.69, 9.17) is 4.55 Å². The number of nitrogens with zero attached hydrogens (tertiary/aromatic N) is 2.